The fourth-order valence-electron chi connectivity index (χ4n) is 2.62. The van der Waals surface area contributed by atoms with E-state index in [1.165, 1.54) is 23.1 Å². The van der Waals surface area contributed by atoms with Gasteiger partial charge in [-0.15, -0.1) is 13.2 Å². The van der Waals surface area contributed by atoms with E-state index in [2.05, 4.69) is 15.4 Å². The van der Waals surface area contributed by atoms with Gasteiger partial charge in [0, 0.05) is 22.8 Å². The van der Waals surface area contributed by atoms with Crippen LogP contribution in [0.1, 0.15) is 11.1 Å². The maximum atomic E-state index is 12.5. The number of hydrogen-bond donors (Lipinski definition) is 2. The fourth-order valence-corrected chi connectivity index (χ4v) is 2.80. The number of nitrogens with one attached hydrogen (secondary N) is 2. The number of ether oxygens (including phenoxy) is 1. The molecule has 0 saturated heterocycles. The van der Waals surface area contributed by atoms with Crippen molar-refractivity contribution in [1.29, 1.82) is 0 Å². The predicted octanol–water partition coefficient (Wildman–Crippen LogP) is 3.73. The summed E-state index contributed by atoms with van der Waals surface area (Å²) in [5, 5.41) is 5.63. The zero-order valence-electron chi connectivity index (χ0n) is 16.3. The quantitative estimate of drug-likeness (QED) is 0.652. The van der Waals surface area contributed by atoms with E-state index >= 15 is 0 Å². The molecule has 0 aromatic heterocycles. The second-order valence-electron chi connectivity index (χ2n) is 6.57. The van der Waals surface area contributed by atoms with E-state index < -0.39 is 18.2 Å². The zero-order chi connectivity index (χ0) is 22.3. The number of carbonyl (C=O) groups is 2. The lowest BCUT2D eigenvalue weighted by Crippen LogP contribution is -2.39. The first-order chi connectivity index (χ1) is 14.0. The van der Waals surface area contributed by atoms with E-state index in [1.807, 2.05) is 0 Å². The van der Waals surface area contributed by atoms with Gasteiger partial charge in [0.15, 0.2) is 0 Å². The summed E-state index contributed by atoms with van der Waals surface area (Å²) in [4.78, 5) is 25.6. The van der Waals surface area contributed by atoms with Gasteiger partial charge in [0.2, 0.25) is 11.8 Å². The van der Waals surface area contributed by atoms with Gasteiger partial charge in [-0.3, -0.25) is 14.5 Å². The standard InChI is InChI=1S/C20H21ClF3N3O3/c1-13-15(21)7-5-8-16(13)26-18(28)10-25-19(29)12-27(2)11-14-6-3-4-9-17(14)30-20(22,23)24/h3-9H,10-12H2,1-2H3,(H,25,29)(H,26,28). The largest absolute Gasteiger partial charge is 0.573 e. The van der Waals surface area contributed by atoms with Gasteiger partial charge in [0.1, 0.15) is 5.75 Å². The molecule has 0 aliphatic heterocycles. The van der Waals surface area contributed by atoms with Crippen LogP contribution < -0.4 is 15.4 Å². The number of nitrogens with zero attached hydrogens (tertiary/aromatic N) is 1. The van der Waals surface area contributed by atoms with Crippen LogP contribution in [-0.2, 0) is 16.1 Å². The second-order valence-corrected chi connectivity index (χ2v) is 6.97. The number of rotatable bonds is 8. The molecule has 10 heteroatoms. The minimum absolute atomic E-state index is 0.0492. The third-order valence-electron chi connectivity index (χ3n) is 4.04. The van der Waals surface area contributed by atoms with Crippen molar-refractivity contribution in [3.8, 4) is 5.75 Å². The normalized spacial score (nSPS) is 11.3. The van der Waals surface area contributed by atoms with E-state index in [1.54, 1.807) is 38.2 Å². The molecular weight excluding hydrogens is 423 g/mol. The number of carbonyl (C=O) groups excluding carboxylic acids is 2. The summed E-state index contributed by atoms with van der Waals surface area (Å²) in [5.74, 6) is -1.21. The molecular formula is C20H21ClF3N3O3. The first kappa shape index (κ1) is 23.5. The van der Waals surface area contributed by atoms with Crippen molar-refractivity contribution in [2.24, 2.45) is 0 Å². The smallest absolute Gasteiger partial charge is 0.405 e. The lowest BCUT2D eigenvalue weighted by molar-refractivity contribution is -0.275. The molecule has 2 amide bonds. The van der Waals surface area contributed by atoms with E-state index in [9.17, 15) is 22.8 Å². The van der Waals surface area contributed by atoms with Crippen molar-refractivity contribution < 1.29 is 27.5 Å². The van der Waals surface area contributed by atoms with Crippen LogP contribution in [0.4, 0.5) is 18.9 Å². The Morgan fingerprint density at radius 3 is 2.50 bits per heavy atom. The van der Waals surface area contributed by atoms with Gasteiger partial charge in [-0.2, -0.15) is 0 Å². The number of likely N-dealkylation sites (N-methyl/N-ethyl adjacent to an activating group) is 1. The molecule has 30 heavy (non-hydrogen) atoms. The third-order valence-corrected chi connectivity index (χ3v) is 4.45. The summed E-state index contributed by atoms with van der Waals surface area (Å²) < 4.78 is 41.5. The maximum absolute atomic E-state index is 12.5. The van der Waals surface area contributed by atoms with Gasteiger partial charge >= 0.3 is 6.36 Å². The van der Waals surface area contributed by atoms with E-state index in [-0.39, 0.29) is 30.9 Å². The molecule has 6 nitrogen and oxygen atoms in total. The van der Waals surface area contributed by atoms with E-state index in [4.69, 9.17) is 11.6 Å². The van der Waals surface area contributed by atoms with Crippen LogP contribution in [0.2, 0.25) is 5.02 Å². The Morgan fingerprint density at radius 2 is 1.80 bits per heavy atom. The van der Waals surface area contributed by atoms with Gasteiger partial charge in [-0.25, -0.2) is 0 Å². The van der Waals surface area contributed by atoms with Crippen molar-refractivity contribution in [3.63, 3.8) is 0 Å². The van der Waals surface area contributed by atoms with Gasteiger partial charge in [0.25, 0.3) is 0 Å². The molecule has 0 unspecified atom stereocenters. The van der Waals surface area contributed by atoms with E-state index in [0.717, 1.165) is 0 Å². The van der Waals surface area contributed by atoms with Crippen LogP contribution >= 0.6 is 11.6 Å². The summed E-state index contributed by atoms with van der Waals surface area (Å²) in [6, 6.07) is 10.8. The van der Waals surface area contributed by atoms with Crippen LogP contribution in [0.25, 0.3) is 0 Å². The highest BCUT2D eigenvalue weighted by Gasteiger charge is 2.32. The van der Waals surface area contributed by atoms with Crippen LogP contribution in [0.5, 0.6) is 5.75 Å². The third kappa shape index (κ3) is 7.57. The highest BCUT2D eigenvalue weighted by molar-refractivity contribution is 6.31. The minimum Gasteiger partial charge on any atom is -0.405 e. The van der Waals surface area contributed by atoms with Gasteiger partial charge in [-0.05, 0) is 37.7 Å². The van der Waals surface area contributed by atoms with Crippen molar-refractivity contribution >= 4 is 29.1 Å². The number of alkyl halides is 3. The number of halogens is 4. The molecule has 0 aliphatic rings. The fraction of sp³-hybridized carbons (Fsp3) is 0.300. The summed E-state index contributed by atoms with van der Waals surface area (Å²) in [7, 11) is 1.57. The number of anilines is 1. The van der Waals surface area contributed by atoms with Crippen molar-refractivity contribution in [2.75, 3.05) is 25.5 Å². The molecule has 0 atom stereocenters. The molecule has 0 heterocycles. The van der Waals surface area contributed by atoms with Crippen LogP contribution in [0.15, 0.2) is 42.5 Å². The monoisotopic (exact) mass is 443 g/mol. The molecule has 0 bridgehead atoms. The average Bonchev–Trinajstić information content (AvgIpc) is 2.64. The Kier molecular flexibility index (Phi) is 8.08. The number of benzene rings is 2. The molecule has 0 fully saturated rings. The lowest BCUT2D eigenvalue weighted by Gasteiger charge is -2.19. The topological polar surface area (TPSA) is 70.7 Å². The summed E-state index contributed by atoms with van der Waals surface area (Å²) in [6.07, 6.45) is -4.80. The molecule has 2 N–H and O–H groups in total. The zero-order valence-corrected chi connectivity index (χ0v) is 17.1. The molecule has 2 rings (SSSR count). The van der Waals surface area contributed by atoms with Crippen LogP contribution in [0.3, 0.4) is 0 Å². The summed E-state index contributed by atoms with van der Waals surface area (Å²) >= 11 is 6.00. The van der Waals surface area contributed by atoms with Crippen molar-refractivity contribution in [3.05, 3.63) is 58.6 Å². The van der Waals surface area contributed by atoms with Crippen molar-refractivity contribution in [1.82, 2.24) is 10.2 Å². The highest BCUT2D eigenvalue weighted by atomic mass is 35.5. The molecule has 0 saturated carbocycles. The number of amides is 2. The molecule has 0 radical (unpaired) electrons. The van der Waals surface area contributed by atoms with Crippen LogP contribution in [-0.4, -0.2) is 43.2 Å². The van der Waals surface area contributed by atoms with Crippen LogP contribution in [0, 0.1) is 6.92 Å². The van der Waals surface area contributed by atoms with E-state index in [0.29, 0.717) is 16.3 Å². The average molecular weight is 444 g/mol. The summed E-state index contributed by atoms with van der Waals surface area (Å²) in [5.41, 5.74) is 1.53. The Morgan fingerprint density at radius 1 is 1.10 bits per heavy atom. The molecule has 0 spiro atoms. The SMILES string of the molecule is Cc1c(Cl)cccc1NC(=O)CNC(=O)CN(C)Cc1ccccc1OC(F)(F)F. The second kappa shape index (κ2) is 10.3. The Bertz CT molecular complexity index is 906. The highest BCUT2D eigenvalue weighted by Crippen LogP contribution is 2.27. The Balaban J connectivity index is 1.84. The predicted molar refractivity (Wildman–Crippen MR) is 107 cm³/mol. The summed E-state index contributed by atoms with van der Waals surface area (Å²) in [6.45, 7) is 1.43. The van der Waals surface area contributed by atoms with Crippen molar-refractivity contribution in [2.45, 2.75) is 19.8 Å². The first-order valence-corrected chi connectivity index (χ1v) is 9.27. The maximum Gasteiger partial charge on any atom is 0.573 e. The van der Waals surface area contributed by atoms with Gasteiger partial charge in [-0.1, -0.05) is 35.9 Å². The first-order valence-electron chi connectivity index (χ1n) is 8.89. The minimum atomic E-state index is -4.80. The molecule has 2 aromatic rings. The molecule has 0 aliphatic carbocycles. The number of para-hydroxylation sites is 1. The molecule has 162 valence electrons. The lowest BCUT2D eigenvalue weighted by atomic mass is 10.2. The van der Waals surface area contributed by atoms with Gasteiger partial charge < -0.3 is 15.4 Å². The Labute approximate surface area is 177 Å². The molecule has 2 aromatic carbocycles. The number of hydrogen-bond acceptors (Lipinski definition) is 4. The van der Waals surface area contributed by atoms with Gasteiger partial charge in [0.05, 0.1) is 13.1 Å². The Hall–Kier alpha value is -2.78.